The molecule has 27 heavy (non-hydrogen) atoms. The lowest BCUT2D eigenvalue weighted by Crippen LogP contribution is -2.48. The highest BCUT2D eigenvalue weighted by Gasteiger charge is 2.29. The molecule has 0 aliphatic carbocycles. The van der Waals surface area contributed by atoms with Crippen LogP contribution in [0, 0.1) is 11.8 Å². The van der Waals surface area contributed by atoms with E-state index in [-0.39, 0.29) is 29.9 Å². The molecular formula is C20H40IN5O. The van der Waals surface area contributed by atoms with Crippen molar-refractivity contribution in [3.05, 3.63) is 0 Å². The Morgan fingerprint density at radius 3 is 2.30 bits per heavy atom. The molecule has 1 unspecified atom stereocenters. The topological polar surface area (TPSA) is 51.2 Å². The number of piperazine rings is 1. The molecule has 0 aromatic heterocycles. The summed E-state index contributed by atoms with van der Waals surface area (Å²) in [5, 5.41) is 3.48. The quantitative estimate of drug-likeness (QED) is 0.337. The Morgan fingerprint density at radius 2 is 1.74 bits per heavy atom. The van der Waals surface area contributed by atoms with E-state index in [9.17, 15) is 4.79 Å². The van der Waals surface area contributed by atoms with Crippen LogP contribution in [0.1, 0.15) is 47.0 Å². The number of hydrogen-bond acceptors (Lipinski definition) is 3. The van der Waals surface area contributed by atoms with Gasteiger partial charge in [0.15, 0.2) is 5.96 Å². The summed E-state index contributed by atoms with van der Waals surface area (Å²) in [4.78, 5) is 23.1. The van der Waals surface area contributed by atoms with Crippen molar-refractivity contribution in [3.63, 3.8) is 0 Å². The van der Waals surface area contributed by atoms with Crippen molar-refractivity contribution >= 4 is 35.8 Å². The third kappa shape index (κ3) is 7.40. The molecule has 0 aromatic carbocycles. The maximum atomic E-state index is 11.4. The van der Waals surface area contributed by atoms with Crippen LogP contribution in [-0.4, -0.2) is 85.5 Å². The first-order chi connectivity index (χ1) is 12.6. The van der Waals surface area contributed by atoms with Gasteiger partial charge in [-0.2, -0.15) is 0 Å². The zero-order valence-corrected chi connectivity index (χ0v) is 20.1. The van der Waals surface area contributed by atoms with E-state index in [0.29, 0.717) is 0 Å². The van der Waals surface area contributed by atoms with Gasteiger partial charge in [-0.1, -0.05) is 26.7 Å². The normalized spacial score (nSPS) is 21.5. The standard InChI is InChI=1S/C20H39N5O.HI/c1-5-18(6-2)19-8-10-25(16-19)20(21-7-3)22-9-11-23-12-14-24(15-13-23)17(4)26;/h18-19H,5-16H2,1-4H3,(H,21,22);1H. The molecule has 1 N–H and O–H groups in total. The van der Waals surface area contributed by atoms with Crippen LogP contribution in [-0.2, 0) is 4.79 Å². The molecule has 0 saturated carbocycles. The average Bonchev–Trinajstić information content (AvgIpc) is 3.12. The number of aliphatic imine (C=N–C) groups is 1. The number of carbonyl (C=O) groups is 1. The van der Waals surface area contributed by atoms with E-state index in [1.165, 1.54) is 19.3 Å². The summed E-state index contributed by atoms with van der Waals surface area (Å²) in [7, 11) is 0. The Morgan fingerprint density at radius 1 is 1.07 bits per heavy atom. The highest BCUT2D eigenvalue weighted by molar-refractivity contribution is 14.0. The molecule has 2 fully saturated rings. The van der Waals surface area contributed by atoms with Crippen molar-refractivity contribution in [3.8, 4) is 0 Å². The molecule has 2 aliphatic heterocycles. The molecule has 0 bridgehead atoms. The second kappa shape index (κ2) is 12.8. The molecule has 2 saturated heterocycles. The lowest BCUT2D eigenvalue weighted by atomic mass is 9.87. The van der Waals surface area contributed by atoms with Crippen LogP contribution in [0.25, 0.3) is 0 Å². The number of rotatable bonds is 7. The molecule has 6 nitrogen and oxygen atoms in total. The van der Waals surface area contributed by atoms with Gasteiger partial charge in [-0.3, -0.25) is 14.7 Å². The summed E-state index contributed by atoms with van der Waals surface area (Å²) in [6.07, 6.45) is 3.87. The second-order valence-corrected chi connectivity index (χ2v) is 7.65. The summed E-state index contributed by atoms with van der Waals surface area (Å²) >= 11 is 0. The third-order valence-electron chi connectivity index (χ3n) is 6.07. The summed E-state index contributed by atoms with van der Waals surface area (Å²) < 4.78 is 0. The largest absolute Gasteiger partial charge is 0.357 e. The summed E-state index contributed by atoms with van der Waals surface area (Å²) in [5.74, 6) is 2.94. The van der Waals surface area contributed by atoms with Crippen LogP contribution in [0.4, 0.5) is 0 Å². The minimum Gasteiger partial charge on any atom is -0.357 e. The van der Waals surface area contributed by atoms with Crippen LogP contribution in [0.3, 0.4) is 0 Å². The van der Waals surface area contributed by atoms with E-state index in [4.69, 9.17) is 4.99 Å². The first-order valence-electron chi connectivity index (χ1n) is 10.6. The number of amides is 1. The molecule has 2 heterocycles. The minimum atomic E-state index is 0. The fraction of sp³-hybridized carbons (Fsp3) is 0.900. The first-order valence-corrected chi connectivity index (χ1v) is 10.6. The van der Waals surface area contributed by atoms with Gasteiger partial charge >= 0.3 is 0 Å². The molecule has 0 aromatic rings. The molecule has 1 amide bonds. The van der Waals surface area contributed by atoms with Gasteiger partial charge in [0.05, 0.1) is 6.54 Å². The number of nitrogens with zero attached hydrogens (tertiary/aromatic N) is 4. The van der Waals surface area contributed by atoms with E-state index in [0.717, 1.165) is 76.7 Å². The molecule has 7 heteroatoms. The Labute approximate surface area is 183 Å². The maximum absolute atomic E-state index is 11.4. The van der Waals surface area contributed by atoms with E-state index >= 15 is 0 Å². The van der Waals surface area contributed by atoms with Gasteiger partial charge in [0.2, 0.25) is 5.91 Å². The third-order valence-corrected chi connectivity index (χ3v) is 6.07. The van der Waals surface area contributed by atoms with E-state index in [1.807, 2.05) is 4.90 Å². The SMILES string of the molecule is CCNC(=NCCN1CCN(C(C)=O)CC1)N1CCC(C(CC)CC)C1.I. The smallest absolute Gasteiger partial charge is 0.219 e. The molecule has 0 spiro atoms. The zero-order chi connectivity index (χ0) is 18.9. The lowest BCUT2D eigenvalue weighted by molar-refractivity contribution is -0.130. The molecule has 1 atom stereocenters. The summed E-state index contributed by atoms with van der Waals surface area (Å²) in [5.41, 5.74) is 0. The Kier molecular flexibility index (Phi) is 11.6. The fourth-order valence-electron chi connectivity index (χ4n) is 4.33. The predicted octanol–water partition coefficient (Wildman–Crippen LogP) is 2.49. The summed E-state index contributed by atoms with van der Waals surface area (Å²) in [6.45, 7) is 17.1. The number of hydrogen-bond donors (Lipinski definition) is 1. The predicted molar refractivity (Wildman–Crippen MR) is 124 cm³/mol. The summed E-state index contributed by atoms with van der Waals surface area (Å²) in [6, 6.07) is 0. The van der Waals surface area contributed by atoms with E-state index < -0.39 is 0 Å². The van der Waals surface area contributed by atoms with Crippen LogP contribution < -0.4 is 5.32 Å². The molecule has 2 rings (SSSR count). The average molecular weight is 493 g/mol. The maximum Gasteiger partial charge on any atom is 0.219 e. The molecule has 158 valence electrons. The van der Waals surface area contributed by atoms with Gasteiger partial charge in [0.25, 0.3) is 0 Å². The van der Waals surface area contributed by atoms with Crippen molar-refractivity contribution in [1.82, 2.24) is 20.0 Å². The van der Waals surface area contributed by atoms with Crippen molar-refractivity contribution in [2.45, 2.75) is 47.0 Å². The number of nitrogens with one attached hydrogen (secondary N) is 1. The monoisotopic (exact) mass is 493 g/mol. The van der Waals surface area contributed by atoms with Crippen LogP contribution in [0.15, 0.2) is 4.99 Å². The van der Waals surface area contributed by atoms with Crippen LogP contribution >= 0.6 is 24.0 Å². The Balaban J connectivity index is 0.00000364. The van der Waals surface area contributed by atoms with Crippen LogP contribution in [0.2, 0.25) is 0 Å². The second-order valence-electron chi connectivity index (χ2n) is 7.65. The number of halogens is 1. The van der Waals surface area contributed by atoms with Gasteiger partial charge in [0, 0.05) is 59.3 Å². The first kappa shape index (κ1) is 24.5. The van der Waals surface area contributed by atoms with Crippen molar-refractivity contribution in [2.24, 2.45) is 16.8 Å². The van der Waals surface area contributed by atoms with Crippen molar-refractivity contribution in [2.75, 3.05) is 58.9 Å². The lowest BCUT2D eigenvalue weighted by Gasteiger charge is -2.33. The Hall–Kier alpha value is -0.570. The minimum absolute atomic E-state index is 0. The number of likely N-dealkylation sites (tertiary alicyclic amines) is 1. The number of carbonyl (C=O) groups excluding carboxylic acids is 1. The van der Waals surface area contributed by atoms with E-state index in [1.54, 1.807) is 6.92 Å². The molecular weight excluding hydrogens is 453 g/mol. The molecule has 0 radical (unpaired) electrons. The fourth-order valence-corrected chi connectivity index (χ4v) is 4.33. The van der Waals surface area contributed by atoms with Gasteiger partial charge in [-0.15, -0.1) is 24.0 Å². The highest BCUT2D eigenvalue weighted by atomic mass is 127. The van der Waals surface area contributed by atoms with Crippen LogP contribution in [0.5, 0.6) is 0 Å². The van der Waals surface area contributed by atoms with Gasteiger partial charge < -0.3 is 15.1 Å². The van der Waals surface area contributed by atoms with Crippen molar-refractivity contribution < 1.29 is 4.79 Å². The Bertz CT molecular complexity index is 461. The van der Waals surface area contributed by atoms with E-state index in [2.05, 4.69) is 35.9 Å². The van der Waals surface area contributed by atoms with Gasteiger partial charge in [0.1, 0.15) is 0 Å². The number of guanidine groups is 1. The van der Waals surface area contributed by atoms with Crippen molar-refractivity contribution in [1.29, 1.82) is 0 Å². The highest BCUT2D eigenvalue weighted by Crippen LogP contribution is 2.28. The van der Waals surface area contributed by atoms with Gasteiger partial charge in [-0.05, 0) is 25.2 Å². The zero-order valence-electron chi connectivity index (χ0n) is 17.7. The van der Waals surface area contributed by atoms with Gasteiger partial charge in [-0.25, -0.2) is 0 Å². The molecule has 2 aliphatic rings.